The first-order valence-corrected chi connectivity index (χ1v) is 7.35. The Labute approximate surface area is 126 Å². The number of hydrogen-bond acceptors (Lipinski definition) is 3. The number of rotatable bonds is 4. The van der Waals surface area contributed by atoms with E-state index in [-0.39, 0.29) is 0 Å². The van der Waals surface area contributed by atoms with Crippen LogP contribution >= 0.6 is 35.0 Å². The zero-order chi connectivity index (χ0) is 13.8. The normalized spacial score (nSPS) is 10.5. The molecule has 2 N–H and O–H groups in total. The molecule has 2 rings (SSSR count). The van der Waals surface area contributed by atoms with Crippen LogP contribution < -0.4 is 10.5 Å². The smallest absolute Gasteiger partial charge is 0.120 e. The molecule has 0 aliphatic heterocycles. The van der Waals surface area contributed by atoms with E-state index >= 15 is 0 Å². The highest BCUT2D eigenvalue weighted by Gasteiger charge is 2.08. The second-order valence-electron chi connectivity index (χ2n) is 3.89. The Kier molecular flexibility index (Phi) is 4.86. The number of nitrogens with two attached hydrogens (primary N) is 1. The topological polar surface area (TPSA) is 35.2 Å². The second kappa shape index (κ2) is 6.42. The molecule has 0 aromatic heterocycles. The van der Waals surface area contributed by atoms with Crippen LogP contribution in [0.25, 0.3) is 0 Å². The molecule has 0 heterocycles. The maximum Gasteiger partial charge on any atom is 0.120 e. The van der Waals surface area contributed by atoms with Crippen molar-refractivity contribution in [1.29, 1.82) is 0 Å². The molecule has 5 heteroatoms. The van der Waals surface area contributed by atoms with Gasteiger partial charge in [0.15, 0.2) is 0 Å². The molecule has 100 valence electrons. The summed E-state index contributed by atoms with van der Waals surface area (Å²) >= 11 is 13.9. The molecule has 0 bridgehead atoms. The average Bonchev–Trinajstić information content (AvgIpc) is 2.40. The number of ether oxygens (including phenoxy) is 1. The maximum absolute atomic E-state index is 6.14. The fourth-order valence-electron chi connectivity index (χ4n) is 1.59. The van der Waals surface area contributed by atoms with Crippen molar-refractivity contribution in [3.05, 3.63) is 52.0 Å². The summed E-state index contributed by atoms with van der Waals surface area (Å²) < 4.78 is 5.19. The lowest BCUT2D eigenvalue weighted by Gasteiger charge is -2.10. The lowest BCUT2D eigenvalue weighted by Crippen LogP contribution is -1.92. The third kappa shape index (κ3) is 3.50. The van der Waals surface area contributed by atoms with Gasteiger partial charge in [-0.1, -0.05) is 29.3 Å². The molecule has 0 spiro atoms. The van der Waals surface area contributed by atoms with E-state index in [2.05, 4.69) is 0 Å². The zero-order valence-electron chi connectivity index (χ0n) is 10.3. The van der Waals surface area contributed by atoms with Gasteiger partial charge in [-0.25, -0.2) is 0 Å². The summed E-state index contributed by atoms with van der Waals surface area (Å²) in [6.45, 7) is 0. The molecular formula is C14H13Cl2NOS. The number of benzene rings is 2. The Morgan fingerprint density at radius 1 is 1.16 bits per heavy atom. The van der Waals surface area contributed by atoms with Gasteiger partial charge in [-0.05, 0) is 35.9 Å². The van der Waals surface area contributed by atoms with E-state index in [0.29, 0.717) is 21.5 Å². The molecule has 0 saturated heterocycles. The third-order valence-electron chi connectivity index (χ3n) is 2.65. The first kappa shape index (κ1) is 14.4. The van der Waals surface area contributed by atoms with Gasteiger partial charge in [-0.2, -0.15) is 0 Å². The predicted octanol–water partition coefficient (Wildman–Crippen LogP) is 4.88. The Hall–Kier alpha value is -1.03. The lowest BCUT2D eigenvalue weighted by atomic mass is 10.2. The molecule has 0 saturated carbocycles. The minimum Gasteiger partial charge on any atom is -0.497 e. The van der Waals surface area contributed by atoms with Crippen molar-refractivity contribution >= 4 is 40.7 Å². The number of thioether (sulfide) groups is 1. The molecule has 0 unspecified atom stereocenters. The Balaban J connectivity index is 2.19. The summed E-state index contributed by atoms with van der Waals surface area (Å²) in [6.07, 6.45) is 0. The first-order chi connectivity index (χ1) is 9.11. The van der Waals surface area contributed by atoms with Crippen LogP contribution in [0, 0.1) is 0 Å². The summed E-state index contributed by atoms with van der Waals surface area (Å²) in [7, 11) is 1.63. The number of nitrogen functional groups attached to an aromatic ring is 1. The van der Waals surface area contributed by atoms with Crippen LogP contribution in [0.1, 0.15) is 5.56 Å². The Morgan fingerprint density at radius 3 is 2.47 bits per heavy atom. The molecule has 0 aliphatic rings. The quantitative estimate of drug-likeness (QED) is 0.645. The molecule has 2 aromatic rings. The van der Waals surface area contributed by atoms with Crippen LogP contribution in [0.4, 0.5) is 5.69 Å². The summed E-state index contributed by atoms with van der Waals surface area (Å²) in [5.74, 6) is 1.44. The van der Waals surface area contributed by atoms with Crippen molar-refractivity contribution in [1.82, 2.24) is 0 Å². The van der Waals surface area contributed by atoms with Gasteiger partial charge >= 0.3 is 0 Å². The molecule has 0 aliphatic carbocycles. The van der Waals surface area contributed by atoms with Gasteiger partial charge in [0.1, 0.15) is 5.75 Å². The van der Waals surface area contributed by atoms with Crippen molar-refractivity contribution in [2.75, 3.05) is 12.8 Å². The second-order valence-corrected chi connectivity index (χ2v) is 5.72. The van der Waals surface area contributed by atoms with Gasteiger partial charge in [0.25, 0.3) is 0 Å². The summed E-state index contributed by atoms with van der Waals surface area (Å²) in [5, 5.41) is 1.34. The van der Waals surface area contributed by atoms with Crippen LogP contribution in [0.15, 0.2) is 41.3 Å². The fraction of sp³-hybridized carbons (Fsp3) is 0.143. The van der Waals surface area contributed by atoms with Gasteiger partial charge in [0.2, 0.25) is 0 Å². The van der Waals surface area contributed by atoms with Crippen LogP contribution in [-0.4, -0.2) is 7.11 Å². The van der Waals surface area contributed by atoms with E-state index in [1.807, 2.05) is 36.4 Å². The maximum atomic E-state index is 6.14. The van der Waals surface area contributed by atoms with E-state index in [1.165, 1.54) is 0 Å². The van der Waals surface area contributed by atoms with Gasteiger partial charge < -0.3 is 10.5 Å². The number of hydrogen-bond donors (Lipinski definition) is 1. The fourth-order valence-corrected chi connectivity index (χ4v) is 3.32. The van der Waals surface area contributed by atoms with Crippen molar-refractivity contribution in [2.24, 2.45) is 0 Å². The molecule has 2 nitrogen and oxygen atoms in total. The van der Waals surface area contributed by atoms with E-state index < -0.39 is 0 Å². The Morgan fingerprint density at radius 2 is 1.84 bits per heavy atom. The van der Waals surface area contributed by atoms with Gasteiger partial charge in [0, 0.05) is 26.4 Å². The molecule has 0 atom stereocenters. The largest absolute Gasteiger partial charge is 0.497 e. The number of methoxy groups -OCH3 is 1. The van der Waals surface area contributed by atoms with E-state index in [4.69, 9.17) is 33.7 Å². The van der Waals surface area contributed by atoms with Crippen LogP contribution in [0.2, 0.25) is 10.0 Å². The minimum absolute atomic E-state index is 0.663. The highest BCUT2D eigenvalue weighted by atomic mass is 35.5. The average molecular weight is 314 g/mol. The summed E-state index contributed by atoms with van der Waals surface area (Å²) in [5.41, 5.74) is 7.57. The van der Waals surface area contributed by atoms with Crippen molar-refractivity contribution in [2.45, 2.75) is 10.6 Å². The number of anilines is 1. The van der Waals surface area contributed by atoms with E-state index in [9.17, 15) is 0 Å². The predicted molar refractivity (Wildman–Crippen MR) is 83.4 cm³/mol. The van der Waals surface area contributed by atoms with Crippen molar-refractivity contribution < 1.29 is 4.74 Å². The molecule has 0 amide bonds. The zero-order valence-corrected chi connectivity index (χ0v) is 12.6. The highest BCUT2D eigenvalue weighted by Crippen LogP contribution is 2.35. The van der Waals surface area contributed by atoms with E-state index in [1.54, 1.807) is 18.9 Å². The van der Waals surface area contributed by atoms with Gasteiger partial charge in [0.05, 0.1) is 7.11 Å². The van der Waals surface area contributed by atoms with Gasteiger partial charge in [-0.3, -0.25) is 0 Å². The summed E-state index contributed by atoms with van der Waals surface area (Å²) in [6, 6.07) is 11.1. The van der Waals surface area contributed by atoms with Crippen molar-refractivity contribution in [3.63, 3.8) is 0 Å². The standard InChI is InChI=1S/C14H13Cl2NOS/c1-18-9-5-6-13(17)14(7-9)19-8-10-11(15)3-2-4-12(10)16/h2-7H,8,17H2,1H3. The van der Waals surface area contributed by atoms with Crippen LogP contribution in [-0.2, 0) is 5.75 Å². The van der Waals surface area contributed by atoms with Crippen molar-refractivity contribution in [3.8, 4) is 5.75 Å². The molecular weight excluding hydrogens is 301 g/mol. The van der Waals surface area contributed by atoms with E-state index in [0.717, 1.165) is 16.2 Å². The first-order valence-electron chi connectivity index (χ1n) is 5.61. The SMILES string of the molecule is COc1ccc(N)c(SCc2c(Cl)cccc2Cl)c1. The minimum atomic E-state index is 0.663. The highest BCUT2D eigenvalue weighted by molar-refractivity contribution is 7.98. The summed E-state index contributed by atoms with van der Waals surface area (Å²) in [4.78, 5) is 0.954. The third-order valence-corrected chi connectivity index (χ3v) is 4.46. The molecule has 0 radical (unpaired) electrons. The Bertz CT molecular complexity index is 569. The van der Waals surface area contributed by atoms with Crippen LogP contribution in [0.3, 0.4) is 0 Å². The lowest BCUT2D eigenvalue weighted by molar-refractivity contribution is 0.414. The van der Waals surface area contributed by atoms with Gasteiger partial charge in [-0.15, -0.1) is 11.8 Å². The van der Waals surface area contributed by atoms with Crippen LogP contribution in [0.5, 0.6) is 5.75 Å². The molecule has 0 fully saturated rings. The molecule has 19 heavy (non-hydrogen) atoms. The molecule has 2 aromatic carbocycles. The monoisotopic (exact) mass is 313 g/mol. The number of halogens is 2.